The van der Waals surface area contributed by atoms with Gasteiger partial charge in [-0.1, -0.05) is 33.6 Å². The molecule has 0 aliphatic heterocycles. The molecule has 0 atom stereocenters. The monoisotopic (exact) mass is 363 g/mol. The molecule has 0 fully saturated rings. The molecule has 0 N–H and O–H groups in total. The van der Waals surface area contributed by atoms with E-state index in [-0.39, 0.29) is 0 Å². The molecule has 2 aromatic rings. The van der Waals surface area contributed by atoms with Crippen LogP contribution in [0.5, 0.6) is 0 Å². The normalized spacial score (nSPS) is 10.1. The third-order valence-electron chi connectivity index (χ3n) is 3.12. The maximum atomic E-state index is 8.88. The number of anilines is 1. The highest BCUT2D eigenvalue weighted by Gasteiger charge is 2.12. The van der Waals surface area contributed by atoms with Gasteiger partial charge in [-0.15, -0.1) is 0 Å². The van der Waals surface area contributed by atoms with Gasteiger partial charge in [0.2, 0.25) is 0 Å². The summed E-state index contributed by atoms with van der Waals surface area (Å²) in [6, 6.07) is 12.0. The fourth-order valence-electron chi connectivity index (χ4n) is 2.15. The van der Waals surface area contributed by atoms with Crippen molar-refractivity contribution >= 4 is 33.2 Å². The lowest BCUT2D eigenvalue weighted by Gasteiger charge is -2.26. The zero-order valence-corrected chi connectivity index (χ0v) is 13.8. The van der Waals surface area contributed by atoms with Crippen LogP contribution in [0.2, 0.25) is 5.02 Å². The van der Waals surface area contributed by atoms with Gasteiger partial charge in [-0.3, -0.25) is 4.98 Å². The quantitative estimate of drug-likeness (QED) is 0.706. The first-order valence-electron chi connectivity index (χ1n) is 6.60. The molecule has 1 aromatic carbocycles. The highest BCUT2D eigenvalue weighted by Crippen LogP contribution is 2.27. The van der Waals surface area contributed by atoms with Crippen molar-refractivity contribution in [2.75, 3.05) is 11.4 Å². The van der Waals surface area contributed by atoms with Crippen molar-refractivity contribution in [2.45, 2.75) is 18.3 Å². The minimum atomic E-state index is 0.477. The minimum Gasteiger partial charge on any atom is -0.366 e. The van der Waals surface area contributed by atoms with Gasteiger partial charge in [0.1, 0.15) is 0 Å². The lowest BCUT2D eigenvalue weighted by Crippen LogP contribution is -2.24. The fourth-order valence-corrected chi connectivity index (χ4v) is 2.80. The molecule has 0 spiro atoms. The average molecular weight is 365 g/mol. The molecule has 0 bridgehead atoms. The fraction of sp³-hybridized carbons (Fsp3) is 0.250. The Hall–Kier alpha value is -1.57. The van der Waals surface area contributed by atoms with E-state index in [0.717, 1.165) is 33.7 Å². The first-order chi connectivity index (χ1) is 10.2. The predicted octanol–water partition coefficient (Wildman–Crippen LogP) is 4.55. The van der Waals surface area contributed by atoms with Crippen molar-refractivity contribution in [1.29, 1.82) is 5.26 Å². The molecule has 0 radical (unpaired) electrons. The van der Waals surface area contributed by atoms with Gasteiger partial charge in [-0.25, -0.2) is 0 Å². The molecule has 0 saturated heterocycles. The van der Waals surface area contributed by atoms with Crippen LogP contribution in [0.25, 0.3) is 0 Å². The predicted molar refractivity (Wildman–Crippen MR) is 89.6 cm³/mol. The van der Waals surface area contributed by atoms with Gasteiger partial charge >= 0.3 is 0 Å². The van der Waals surface area contributed by atoms with Crippen molar-refractivity contribution in [2.24, 2.45) is 0 Å². The van der Waals surface area contributed by atoms with Crippen LogP contribution in [-0.4, -0.2) is 11.5 Å². The van der Waals surface area contributed by atoms with Gasteiger partial charge in [0.25, 0.3) is 0 Å². The van der Waals surface area contributed by atoms with Crippen molar-refractivity contribution in [3.05, 3.63) is 58.9 Å². The van der Waals surface area contributed by atoms with Gasteiger partial charge in [-0.05, 0) is 35.4 Å². The van der Waals surface area contributed by atoms with Crippen LogP contribution in [0.15, 0.2) is 42.7 Å². The molecule has 2 rings (SSSR count). The Bertz CT molecular complexity index is 625. The highest BCUT2D eigenvalue weighted by molar-refractivity contribution is 9.08. The number of nitriles is 1. The molecule has 0 aliphatic carbocycles. The lowest BCUT2D eigenvalue weighted by atomic mass is 10.1. The second-order valence-electron chi connectivity index (χ2n) is 4.60. The van der Waals surface area contributed by atoms with Crippen molar-refractivity contribution in [3.8, 4) is 6.07 Å². The van der Waals surface area contributed by atoms with E-state index in [1.807, 2.05) is 36.5 Å². The topological polar surface area (TPSA) is 39.9 Å². The largest absolute Gasteiger partial charge is 0.366 e. The van der Waals surface area contributed by atoms with E-state index < -0.39 is 0 Å². The molecular weight excluding hydrogens is 350 g/mol. The number of hydrogen-bond acceptors (Lipinski definition) is 3. The summed E-state index contributed by atoms with van der Waals surface area (Å²) in [6.07, 6.45) is 4.09. The van der Waals surface area contributed by atoms with E-state index in [4.69, 9.17) is 16.9 Å². The molecular formula is C16H15BrClN3. The molecule has 0 saturated carbocycles. The number of alkyl halides is 1. The van der Waals surface area contributed by atoms with Crippen molar-refractivity contribution < 1.29 is 0 Å². The molecule has 108 valence electrons. The second kappa shape index (κ2) is 8.02. The number of aromatic nitrogens is 1. The van der Waals surface area contributed by atoms with Gasteiger partial charge in [-0.2, -0.15) is 5.26 Å². The lowest BCUT2D eigenvalue weighted by molar-refractivity contribution is 0.792. The van der Waals surface area contributed by atoms with Crippen LogP contribution >= 0.6 is 27.5 Å². The Morgan fingerprint density at radius 2 is 2.19 bits per heavy atom. The molecule has 5 heteroatoms. The number of rotatable bonds is 6. The Labute approximate surface area is 138 Å². The van der Waals surface area contributed by atoms with E-state index in [1.54, 1.807) is 6.20 Å². The Morgan fingerprint density at radius 3 is 2.86 bits per heavy atom. The maximum absolute atomic E-state index is 8.88. The smallest absolute Gasteiger partial charge is 0.0640 e. The number of nitrogens with zero attached hydrogens (tertiary/aromatic N) is 3. The summed E-state index contributed by atoms with van der Waals surface area (Å²) >= 11 is 9.56. The van der Waals surface area contributed by atoms with Crippen LogP contribution in [0.1, 0.15) is 17.5 Å². The molecule has 1 heterocycles. The van der Waals surface area contributed by atoms with E-state index >= 15 is 0 Å². The average Bonchev–Trinajstić information content (AvgIpc) is 2.52. The SMILES string of the molecule is N#CCCN(Cc1cccnc1)c1ccc(Cl)cc1CBr. The van der Waals surface area contributed by atoms with E-state index in [0.29, 0.717) is 13.0 Å². The zero-order chi connectivity index (χ0) is 15.1. The van der Waals surface area contributed by atoms with Crippen molar-refractivity contribution in [3.63, 3.8) is 0 Å². The number of hydrogen-bond donors (Lipinski definition) is 0. The van der Waals surface area contributed by atoms with Gasteiger partial charge in [0.15, 0.2) is 0 Å². The first-order valence-corrected chi connectivity index (χ1v) is 8.09. The third-order valence-corrected chi connectivity index (χ3v) is 3.96. The van der Waals surface area contributed by atoms with Gasteiger partial charge in [0, 0.05) is 41.5 Å². The summed E-state index contributed by atoms with van der Waals surface area (Å²) in [5, 5.41) is 10.3. The molecule has 3 nitrogen and oxygen atoms in total. The standard InChI is InChI=1S/C16H15BrClN3/c17-10-14-9-15(18)4-5-16(14)21(8-2-6-19)12-13-3-1-7-20-11-13/h1,3-5,7,9,11H,2,8,10,12H2. The van der Waals surface area contributed by atoms with Crippen LogP contribution < -0.4 is 4.90 Å². The molecule has 0 amide bonds. The van der Waals surface area contributed by atoms with Crippen LogP contribution in [0, 0.1) is 11.3 Å². The summed E-state index contributed by atoms with van der Waals surface area (Å²) in [4.78, 5) is 6.33. The number of pyridine rings is 1. The van der Waals surface area contributed by atoms with E-state index in [2.05, 4.69) is 31.9 Å². The first kappa shape index (κ1) is 15.8. The van der Waals surface area contributed by atoms with Crippen molar-refractivity contribution in [1.82, 2.24) is 4.98 Å². The number of benzene rings is 1. The molecule has 21 heavy (non-hydrogen) atoms. The highest BCUT2D eigenvalue weighted by atomic mass is 79.9. The second-order valence-corrected chi connectivity index (χ2v) is 5.59. The maximum Gasteiger partial charge on any atom is 0.0640 e. The Kier molecular flexibility index (Phi) is 6.04. The summed E-state index contributed by atoms with van der Waals surface area (Å²) in [7, 11) is 0. The molecule has 1 aromatic heterocycles. The van der Waals surface area contributed by atoms with Gasteiger partial charge in [0.05, 0.1) is 12.5 Å². The molecule has 0 unspecified atom stereocenters. The van der Waals surface area contributed by atoms with Gasteiger partial charge < -0.3 is 4.90 Å². The summed E-state index contributed by atoms with van der Waals surface area (Å²) in [5.41, 5.74) is 3.32. The van der Waals surface area contributed by atoms with Crippen LogP contribution in [0.3, 0.4) is 0 Å². The van der Waals surface area contributed by atoms with E-state index in [9.17, 15) is 0 Å². The summed E-state index contributed by atoms with van der Waals surface area (Å²) in [5.74, 6) is 0. The summed E-state index contributed by atoms with van der Waals surface area (Å²) in [6.45, 7) is 1.39. The minimum absolute atomic E-state index is 0.477. The van der Waals surface area contributed by atoms with E-state index in [1.165, 1.54) is 0 Å². The number of halogens is 2. The molecule has 0 aliphatic rings. The Morgan fingerprint density at radius 1 is 1.33 bits per heavy atom. The zero-order valence-electron chi connectivity index (χ0n) is 11.5. The van der Waals surface area contributed by atoms with Crippen LogP contribution in [0.4, 0.5) is 5.69 Å². The Balaban J connectivity index is 2.29. The third kappa shape index (κ3) is 4.45. The summed E-state index contributed by atoms with van der Waals surface area (Å²) < 4.78 is 0. The van der Waals surface area contributed by atoms with Crippen LogP contribution in [-0.2, 0) is 11.9 Å².